The highest BCUT2D eigenvalue weighted by molar-refractivity contribution is 9.10. The van der Waals surface area contributed by atoms with Crippen molar-refractivity contribution >= 4 is 48.3 Å². The summed E-state index contributed by atoms with van der Waals surface area (Å²) in [5.74, 6) is 0. The summed E-state index contributed by atoms with van der Waals surface area (Å²) in [5, 5.41) is 1.00. The molecular weight excluding hydrogens is 386 g/mol. The third kappa shape index (κ3) is 2.37. The molecule has 0 radical (unpaired) electrons. The molecule has 114 valence electrons. The van der Waals surface area contributed by atoms with E-state index in [0.717, 1.165) is 9.99 Å². The highest BCUT2D eigenvalue weighted by Gasteiger charge is 2.25. The summed E-state index contributed by atoms with van der Waals surface area (Å²) in [6.07, 6.45) is 1.62. The number of rotatable bonds is 2. The van der Waals surface area contributed by atoms with Gasteiger partial charge in [-0.25, -0.2) is 8.42 Å². The Bertz CT molecular complexity index is 993. The fourth-order valence-electron chi connectivity index (χ4n) is 2.60. The van der Waals surface area contributed by atoms with Crippen LogP contribution in [0.2, 0.25) is 5.02 Å². The van der Waals surface area contributed by atoms with Gasteiger partial charge in [0.2, 0.25) is 9.84 Å². The van der Waals surface area contributed by atoms with Crippen molar-refractivity contribution < 1.29 is 8.42 Å². The quantitative estimate of drug-likeness (QED) is 0.625. The van der Waals surface area contributed by atoms with Crippen molar-refractivity contribution in [1.29, 1.82) is 0 Å². The molecule has 22 heavy (non-hydrogen) atoms. The first-order valence-corrected chi connectivity index (χ1v) is 9.22. The number of halogens is 2. The van der Waals surface area contributed by atoms with Gasteiger partial charge in [0, 0.05) is 23.1 Å². The van der Waals surface area contributed by atoms with Crippen LogP contribution in [0.4, 0.5) is 0 Å². The zero-order valence-electron chi connectivity index (χ0n) is 12.0. The van der Waals surface area contributed by atoms with E-state index in [2.05, 4.69) is 15.9 Å². The number of aromatic nitrogens is 1. The fraction of sp³-hybridized carbons (Fsp3) is 0.125. The van der Waals surface area contributed by atoms with Crippen molar-refractivity contribution in [2.45, 2.75) is 16.7 Å². The van der Waals surface area contributed by atoms with Gasteiger partial charge in [-0.1, -0.05) is 33.6 Å². The molecule has 1 aromatic heterocycles. The first-order chi connectivity index (χ1) is 10.3. The molecule has 0 unspecified atom stereocenters. The Balaban J connectivity index is 2.35. The number of nitrogens with zero attached hydrogens (tertiary/aromatic N) is 1. The molecule has 0 aliphatic rings. The third-order valence-corrected chi connectivity index (χ3v) is 6.38. The van der Waals surface area contributed by atoms with Gasteiger partial charge in [-0.05, 0) is 42.8 Å². The van der Waals surface area contributed by atoms with E-state index in [1.54, 1.807) is 42.0 Å². The summed E-state index contributed by atoms with van der Waals surface area (Å²) in [7, 11) is -1.83. The monoisotopic (exact) mass is 397 g/mol. The number of hydrogen-bond donors (Lipinski definition) is 0. The van der Waals surface area contributed by atoms with Crippen LogP contribution in [-0.4, -0.2) is 13.0 Å². The van der Waals surface area contributed by atoms with Crippen molar-refractivity contribution in [3.63, 3.8) is 0 Å². The minimum absolute atomic E-state index is 0.237. The van der Waals surface area contributed by atoms with Crippen LogP contribution in [0.1, 0.15) is 5.56 Å². The van der Waals surface area contributed by atoms with Gasteiger partial charge < -0.3 is 4.57 Å². The van der Waals surface area contributed by atoms with Gasteiger partial charge >= 0.3 is 0 Å². The van der Waals surface area contributed by atoms with E-state index in [-0.39, 0.29) is 4.90 Å². The second-order valence-electron chi connectivity index (χ2n) is 5.15. The molecule has 3 aromatic rings. The predicted octanol–water partition coefficient (Wildman–Crippen LogP) is 4.74. The van der Waals surface area contributed by atoms with Crippen LogP contribution in [0.15, 0.2) is 56.9 Å². The Labute approximate surface area is 142 Å². The Morgan fingerprint density at radius 3 is 2.55 bits per heavy atom. The lowest BCUT2D eigenvalue weighted by Gasteiger charge is -2.08. The van der Waals surface area contributed by atoms with Crippen LogP contribution >= 0.6 is 27.5 Å². The molecule has 0 amide bonds. The Hall–Kier alpha value is -1.30. The van der Waals surface area contributed by atoms with E-state index < -0.39 is 9.84 Å². The minimum Gasteiger partial charge on any atom is -0.349 e. The second kappa shape index (κ2) is 5.41. The van der Waals surface area contributed by atoms with E-state index in [9.17, 15) is 8.42 Å². The lowest BCUT2D eigenvalue weighted by atomic mass is 10.2. The van der Waals surface area contributed by atoms with Gasteiger partial charge in [-0.2, -0.15) is 0 Å². The molecule has 0 aliphatic carbocycles. The Kier molecular flexibility index (Phi) is 3.83. The molecule has 0 saturated carbocycles. The zero-order chi connectivity index (χ0) is 16.1. The van der Waals surface area contributed by atoms with Crippen LogP contribution in [0, 0.1) is 6.92 Å². The Morgan fingerprint density at radius 1 is 1.14 bits per heavy atom. The highest BCUT2D eigenvalue weighted by Crippen LogP contribution is 2.35. The van der Waals surface area contributed by atoms with Crippen molar-refractivity contribution in [2.75, 3.05) is 0 Å². The average molecular weight is 399 g/mol. The molecule has 0 aliphatic heterocycles. The molecule has 0 bridgehead atoms. The fourth-order valence-corrected chi connectivity index (χ4v) is 5.15. The SMILES string of the molecule is Cc1cc(Br)ccc1S(=O)(=O)c1cn(C)c2cccc(Cl)c12. The van der Waals surface area contributed by atoms with Crippen molar-refractivity contribution in [1.82, 2.24) is 4.57 Å². The van der Waals surface area contributed by atoms with Crippen LogP contribution in [0.25, 0.3) is 10.9 Å². The third-order valence-electron chi connectivity index (χ3n) is 3.64. The summed E-state index contributed by atoms with van der Waals surface area (Å²) in [5.41, 5.74) is 1.49. The topological polar surface area (TPSA) is 39.1 Å². The lowest BCUT2D eigenvalue weighted by molar-refractivity contribution is 0.596. The van der Waals surface area contributed by atoms with Crippen molar-refractivity contribution in [2.24, 2.45) is 7.05 Å². The first kappa shape index (κ1) is 15.6. The summed E-state index contributed by atoms with van der Waals surface area (Å²) in [4.78, 5) is 0.532. The minimum atomic E-state index is -3.64. The maximum absolute atomic E-state index is 13.1. The van der Waals surface area contributed by atoms with Gasteiger partial charge in [-0.15, -0.1) is 0 Å². The molecule has 6 heteroatoms. The van der Waals surface area contributed by atoms with E-state index in [0.29, 0.717) is 20.9 Å². The molecule has 2 aromatic carbocycles. The molecule has 0 N–H and O–H groups in total. The zero-order valence-corrected chi connectivity index (χ0v) is 15.1. The smallest absolute Gasteiger partial charge is 0.209 e. The molecule has 3 rings (SSSR count). The second-order valence-corrected chi connectivity index (χ2v) is 8.36. The van der Waals surface area contributed by atoms with E-state index in [1.165, 1.54) is 0 Å². The molecule has 0 saturated heterocycles. The summed E-state index contributed by atoms with van der Waals surface area (Å²) in [6, 6.07) is 10.5. The van der Waals surface area contributed by atoms with Gasteiger partial charge in [0.05, 0.1) is 20.3 Å². The van der Waals surface area contributed by atoms with Gasteiger partial charge in [0.15, 0.2) is 0 Å². The number of fused-ring (bicyclic) bond motifs is 1. The van der Waals surface area contributed by atoms with E-state index in [1.807, 2.05) is 19.2 Å². The van der Waals surface area contributed by atoms with Crippen molar-refractivity contribution in [3.8, 4) is 0 Å². The van der Waals surface area contributed by atoms with Crippen molar-refractivity contribution in [3.05, 3.63) is 57.7 Å². The van der Waals surface area contributed by atoms with E-state index >= 15 is 0 Å². The maximum atomic E-state index is 13.1. The predicted molar refractivity (Wildman–Crippen MR) is 92.3 cm³/mol. The van der Waals surface area contributed by atoms with Gasteiger partial charge in [0.25, 0.3) is 0 Å². The summed E-state index contributed by atoms with van der Waals surface area (Å²) >= 11 is 9.60. The molecule has 0 spiro atoms. The number of sulfone groups is 1. The summed E-state index contributed by atoms with van der Waals surface area (Å²) < 4.78 is 28.7. The van der Waals surface area contributed by atoms with Gasteiger partial charge in [-0.3, -0.25) is 0 Å². The van der Waals surface area contributed by atoms with Crippen LogP contribution in [-0.2, 0) is 16.9 Å². The number of aryl methyl sites for hydroxylation is 2. The first-order valence-electron chi connectivity index (χ1n) is 6.57. The Morgan fingerprint density at radius 2 is 1.86 bits per heavy atom. The number of hydrogen-bond acceptors (Lipinski definition) is 2. The maximum Gasteiger partial charge on any atom is 0.209 e. The molecule has 0 fully saturated rings. The van der Waals surface area contributed by atoms with Crippen LogP contribution in [0.5, 0.6) is 0 Å². The summed E-state index contributed by atoms with van der Waals surface area (Å²) in [6.45, 7) is 1.78. The molecule has 0 atom stereocenters. The van der Waals surface area contributed by atoms with E-state index in [4.69, 9.17) is 11.6 Å². The lowest BCUT2D eigenvalue weighted by Crippen LogP contribution is -2.03. The van der Waals surface area contributed by atoms with Crippen LogP contribution < -0.4 is 0 Å². The average Bonchev–Trinajstić information content (AvgIpc) is 2.78. The molecule has 1 heterocycles. The number of benzene rings is 2. The normalized spacial score (nSPS) is 12.0. The largest absolute Gasteiger partial charge is 0.349 e. The molecule has 3 nitrogen and oxygen atoms in total. The van der Waals surface area contributed by atoms with Gasteiger partial charge in [0.1, 0.15) is 0 Å². The standard InChI is InChI=1S/C16H13BrClNO2S/c1-10-8-11(17)6-7-14(10)22(20,21)15-9-19(2)13-5-3-4-12(18)16(13)15/h3-9H,1-2H3. The van der Waals surface area contributed by atoms with Crippen LogP contribution in [0.3, 0.4) is 0 Å². The molecular formula is C16H13BrClNO2S. The highest BCUT2D eigenvalue weighted by atomic mass is 79.9.